The van der Waals surface area contributed by atoms with Crippen molar-refractivity contribution in [2.75, 3.05) is 19.6 Å². The van der Waals surface area contributed by atoms with Crippen LogP contribution in [0, 0.1) is 23.2 Å². The monoisotopic (exact) mass is 350 g/mol. The van der Waals surface area contributed by atoms with Crippen molar-refractivity contribution in [2.45, 2.75) is 58.3 Å². The van der Waals surface area contributed by atoms with Crippen molar-refractivity contribution in [1.82, 2.24) is 10.2 Å². The van der Waals surface area contributed by atoms with Crippen LogP contribution in [-0.4, -0.2) is 47.4 Å². The molecule has 0 radical (unpaired) electrons. The van der Waals surface area contributed by atoms with E-state index in [4.69, 9.17) is 5.11 Å². The summed E-state index contributed by atoms with van der Waals surface area (Å²) in [4.78, 5) is 36.7. The number of hydrogen-bond acceptors (Lipinski definition) is 3. The van der Waals surface area contributed by atoms with Crippen LogP contribution in [0.2, 0.25) is 0 Å². The summed E-state index contributed by atoms with van der Waals surface area (Å²) in [5.41, 5.74) is 0.176. The molecule has 6 nitrogen and oxygen atoms in total. The third kappa shape index (κ3) is 4.33. The number of hydrogen-bond donors (Lipinski definition) is 2. The normalized spacial score (nSPS) is 32.4. The number of amides is 2. The van der Waals surface area contributed by atoms with Gasteiger partial charge in [-0.1, -0.05) is 0 Å². The van der Waals surface area contributed by atoms with E-state index in [0.29, 0.717) is 13.0 Å². The molecule has 0 unspecified atom stereocenters. The smallest absolute Gasteiger partial charge is 0.305 e. The Morgan fingerprint density at radius 3 is 2.12 bits per heavy atom. The first kappa shape index (κ1) is 18.2. The van der Waals surface area contributed by atoms with Crippen LogP contribution in [0.1, 0.15) is 58.3 Å². The second-order valence-corrected chi connectivity index (χ2v) is 8.49. The van der Waals surface area contributed by atoms with E-state index in [1.54, 1.807) is 0 Å². The Bertz CT molecular complexity index is 510. The SMILES string of the molecule is CCN(CCC(=O)O)C(=O)CNC(=O)CC12CC3CC(CC(C3)C1)C2. The molecule has 4 rings (SSSR count). The molecule has 0 aromatic heterocycles. The minimum atomic E-state index is -0.919. The molecule has 4 aliphatic rings. The van der Waals surface area contributed by atoms with Crippen LogP contribution in [0.5, 0.6) is 0 Å². The van der Waals surface area contributed by atoms with Crippen molar-refractivity contribution < 1.29 is 19.5 Å². The number of carbonyl (C=O) groups is 3. The molecule has 2 amide bonds. The average molecular weight is 350 g/mol. The first-order chi connectivity index (χ1) is 11.9. The van der Waals surface area contributed by atoms with Crippen LogP contribution >= 0.6 is 0 Å². The Morgan fingerprint density at radius 1 is 1.08 bits per heavy atom. The van der Waals surface area contributed by atoms with Gasteiger partial charge < -0.3 is 15.3 Å². The minimum Gasteiger partial charge on any atom is -0.481 e. The molecule has 25 heavy (non-hydrogen) atoms. The van der Waals surface area contributed by atoms with Crippen LogP contribution in [0.25, 0.3) is 0 Å². The topological polar surface area (TPSA) is 86.7 Å². The lowest BCUT2D eigenvalue weighted by atomic mass is 9.49. The van der Waals surface area contributed by atoms with Gasteiger partial charge in [0, 0.05) is 19.5 Å². The van der Waals surface area contributed by atoms with Gasteiger partial charge in [-0.3, -0.25) is 14.4 Å². The molecule has 0 aromatic rings. The van der Waals surface area contributed by atoms with Gasteiger partial charge in [0.25, 0.3) is 0 Å². The molecule has 0 atom stereocenters. The summed E-state index contributed by atoms with van der Waals surface area (Å²) < 4.78 is 0. The van der Waals surface area contributed by atoms with Crippen molar-refractivity contribution in [3.8, 4) is 0 Å². The van der Waals surface area contributed by atoms with Crippen LogP contribution in [0.3, 0.4) is 0 Å². The number of nitrogens with zero attached hydrogens (tertiary/aromatic N) is 1. The molecule has 4 aliphatic carbocycles. The Balaban J connectivity index is 1.46. The highest BCUT2D eigenvalue weighted by Crippen LogP contribution is 2.61. The average Bonchev–Trinajstić information content (AvgIpc) is 2.51. The highest BCUT2D eigenvalue weighted by Gasteiger charge is 2.51. The molecule has 0 saturated heterocycles. The lowest BCUT2D eigenvalue weighted by Gasteiger charge is -2.56. The van der Waals surface area contributed by atoms with Gasteiger partial charge in [-0.15, -0.1) is 0 Å². The summed E-state index contributed by atoms with van der Waals surface area (Å²) in [5, 5.41) is 11.5. The van der Waals surface area contributed by atoms with E-state index in [1.165, 1.54) is 43.4 Å². The molecule has 6 heteroatoms. The van der Waals surface area contributed by atoms with Gasteiger partial charge in [0.05, 0.1) is 13.0 Å². The van der Waals surface area contributed by atoms with E-state index in [0.717, 1.165) is 17.8 Å². The molecular weight excluding hydrogens is 320 g/mol. The molecule has 2 N–H and O–H groups in total. The van der Waals surface area contributed by atoms with Crippen molar-refractivity contribution in [1.29, 1.82) is 0 Å². The predicted molar refractivity (Wildman–Crippen MR) is 92.7 cm³/mol. The Morgan fingerprint density at radius 2 is 1.64 bits per heavy atom. The van der Waals surface area contributed by atoms with Gasteiger partial charge in [0.2, 0.25) is 11.8 Å². The molecule has 4 bridgehead atoms. The fourth-order valence-electron chi connectivity index (χ4n) is 5.89. The summed E-state index contributed by atoms with van der Waals surface area (Å²) >= 11 is 0. The quantitative estimate of drug-likeness (QED) is 0.701. The van der Waals surface area contributed by atoms with Crippen molar-refractivity contribution in [3.63, 3.8) is 0 Å². The largest absolute Gasteiger partial charge is 0.481 e. The van der Waals surface area contributed by atoms with E-state index in [9.17, 15) is 14.4 Å². The summed E-state index contributed by atoms with van der Waals surface area (Å²) in [6.07, 6.45) is 8.09. The van der Waals surface area contributed by atoms with Gasteiger partial charge in [-0.05, 0) is 68.6 Å². The standard InChI is InChI=1S/C19H30N2O4/c1-2-21(4-3-18(24)25)17(23)12-20-16(22)11-19-8-13-5-14(9-19)7-15(6-13)10-19/h13-15H,2-12H2,1H3,(H,20,22)(H,24,25). The van der Waals surface area contributed by atoms with Crippen molar-refractivity contribution in [2.24, 2.45) is 23.2 Å². The summed E-state index contributed by atoms with van der Waals surface area (Å²) in [7, 11) is 0. The maximum absolute atomic E-state index is 12.4. The Labute approximate surface area is 149 Å². The Kier molecular flexibility index (Phi) is 5.35. The van der Waals surface area contributed by atoms with Crippen LogP contribution < -0.4 is 5.32 Å². The zero-order valence-corrected chi connectivity index (χ0v) is 15.1. The number of nitrogens with one attached hydrogen (secondary N) is 1. The van der Waals surface area contributed by atoms with Crippen molar-refractivity contribution in [3.05, 3.63) is 0 Å². The second kappa shape index (κ2) is 7.34. The summed E-state index contributed by atoms with van der Waals surface area (Å²) in [6.45, 7) is 2.43. The molecule has 0 heterocycles. The molecule has 4 fully saturated rings. The van der Waals surface area contributed by atoms with Crippen molar-refractivity contribution >= 4 is 17.8 Å². The number of likely N-dealkylation sites (N-methyl/N-ethyl adjacent to an activating group) is 1. The molecule has 140 valence electrons. The highest BCUT2D eigenvalue weighted by atomic mass is 16.4. The zero-order valence-electron chi connectivity index (χ0n) is 15.1. The van der Waals surface area contributed by atoms with E-state index in [1.807, 2.05) is 6.92 Å². The Hall–Kier alpha value is -1.59. The van der Waals surface area contributed by atoms with Crippen LogP contribution in [0.15, 0.2) is 0 Å². The van der Waals surface area contributed by atoms with Crippen LogP contribution in [0.4, 0.5) is 0 Å². The lowest BCUT2D eigenvalue weighted by molar-refractivity contribution is -0.139. The maximum Gasteiger partial charge on any atom is 0.305 e. The molecule has 4 saturated carbocycles. The van der Waals surface area contributed by atoms with Crippen LogP contribution in [-0.2, 0) is 14.4 Å². The van der Waals surface area contributed by atoms with E-state index in [2.05, 4.69) is 5.32 Å². The van der Waals surface area contributed by atoms with Gasteiger partial charge >= 0.3 is 5.97 Å². The third-order valence-corrected chi connectivity index (χ3v) is 6.47. The minimum absolute atomic E-state index is 0.0235. The zero-order chi connectivity index (χ0) is 18.0. The van der Waals surface area contributed by atoms with Gasteiger partial charge in [0.1, 0.15) is 0 Å². The van der Waals surface area contributed by atoms with Gasteiger partial charge in [-0.2, -0.15) is 0 Å². The first-order valence-corrected chi connectivity index (χ1v) is 9.65. The lowest BCUT2D eigenvalue weighted by Crippen LogP contribution is -2.48. The number of aliphatic carboxylic acids is 1. The number of rotatable bonds is 8. The first-order valence-electron chi connectivity index (χ1n) is 9.65. The van der Waals surface area contributed by atoms with Gasteiger partial charge in [-0.25, -0.2) is 0 Å². The fraction of sp³-hybridized carbons (Fsp3) is 0.842. The molecular formula is C19H30N2O4. The summed E-state index contributed by atoms with van der Waals surface area (Å²) in [6, 6.07) is 0. The maximum atomic E-state index is 12.4. The highest BCUT2D eigenvalue weighted by molar-refractivity contribution is 5.85. The molecule has 0 aliphatic heterocycles. The van der Waals surface area contributed by atoms with E-state index in [-0.39, 0.29) is 36.7 Å². The van der Waals surface area contributed by atoms with E-state index >= 15 is 0 Å². The second-order valence-electron chi connectivity index (χ2n) is 8.49. The van der Waals surface area contributed by atoms with E-state index < -0.39 is 5.97 Å². The predicted octanol–water partition coefficient (Wildman–Crippen LogP) is 2.03. The fourth-order valence-corrected chi connectivity index (χ4v) is 5.89. The third-order valence-electron chi connectivity index (χ3n) is 6.47. The number of carboxylic acids is 1. The summed E-state index contributed by atoms with van der Waals surface area (Å²) in [5.74, 6) is 1.29. The molecule has 0 aromatic carbocycles. The number of carbonyl (C=O) groups excluding carboxylic acids is 2. The van der Waals surface area contributed by atoms with Gasteiger partial charge in [0.15, 0.2) is 0 Å². The molecule has 0 spiro atoms. The number of carboxylic acid groups (broad SMARTS) is 1.